The summed E-state index contributed by atoms with van der Waals surface area (Å²) >= 11 is 0. The zero-order valence-corrected chi connectivity index (χ0v) is 11.4. The van der Waals surface area contributed by atoms with Crippen molar-refractivity contribution in [3.05, 3.63) is 18.3 Å². The van der Waals surface area contributed by atoms with E-state index < -0.39 is 0 Å². The largest absolute Gasteiger partial charge is 0.478 e. The van der Waals surface area contributed by atoms with Crippen LogP contribution >= 0.6 is 0 Å². The molecule has 0 saturated carbocycles. The summed E-state index contributed by atoms with van der Waals surface area (Å²) in [5.41, 5.74) is 1.09. The monoisotopic (exact) mass is 249 g/mol. The second-order valence-electron chi connectivity index (χ2n) is 4.89. The third-order valence-corrected chi connectivity index (χ3v) is 3.35. The van der Waals surface area contributed by atoms with Gasteiger partial charge in [-0.25, -0.2) is 4.98 Å². The zero-order valence-electron chi connectivity index (χ0n) is 11.4. The molecule has 1 aliphatic heterocycles. The molecule has 2 heterocycles. The van der Waals surface area contributed by atoms with Crippen molar-refractivity contribution < 1.29 is 4.74 Å². The van der Waals surface area contributed by atoms with Crippen LogP contribution in [0.3, 0.4) is 0 Å². The molecule has 0 bridgehead atoms. The van der Waals surface area contributed by atoms with Crippen LogP contribution in [0.2, 0.25) is 0 Å². The Morgan fingerprint density at radius 1 is 1.39 bits per heavy atom. The highest BCUT2D eigenvalue weighted by Gasteiger charge is 2.14. The summed E-state index contributed by atoms with van der Waals surface area (Å²) in [6.07, 6.45) is 5.56. The van der Waals surface area contributed by atoms with Gasteiger partial charge in [-0.1, -0.05) is 0 Å². The topological polar surface area (TPSA) is 37.4 Å². The molecule has 1 aliphatic rings. The molecule has 1 N–H and O–H groups in total. The Labute approximate surface area is 109 Å². The number of ether oxygens (including phenoxy) is 1. The Hall–Kier alpha value is -1.29. The van der Waals surface area contributed by atoms with Gasteiger partial charge in [0.05, 0.1) is 18.5 Å². The van der Waals surface area contributed by atoms with E-state index in [2.05, 4.69) is 22.2 Å². The van der Waals surface area contributed by atoms with Crippen LogP contribution < -0.4 is 10.1 Å². The maximum atomic E-state index is 5.34. The van der Waals surface area contributed by atoms with Gasteiger partial charge in [0.2, 0.25) is 5.88 Å². The van der Waals surface area contributed by atoms with Crippen LogP contribution in [0.25, 0.3) is 0 Å². The normalized spacial score (nSPS) is 21.3. The highest BCUT2D eigenvalue weighted by atomic mass is 16.5. The van der Waals surface area contributed by atoms with Gasteiger partial charge in [0.15, 0.2) is 0 Å². The number of likely N-dealkylation sites (tertiary alicyclic amines) is 1. The summed E-state index contributed by atoms with van der Waals surface area (Å²) in [6, 6.07) is 4.54. The van der Waals surface area contributed by atoms with E-state index in [-0.39, 0.29) is 0 Å². The van der Waals surface area contributed by atoms with Gasteiger partial charge in [-0.15, -0.1) is 0 Å². The number of hydrogen-bond donors (Lipinski definition) is 1. The summed E-state index contributed by atoms with van der Waals surface area (Å²) in [5.74, 6) is 0.698. The van der Waals surface area contributed by atoms with Crippen LogP contribution in [0.4, 0.5) is 5.69 Å². The van der Waals surface area contributed by atoms with Crippen molar-refractivity contribution in [3.8, 4) is 5.88 Å². The fourth-order valence-electron chi connectivity index (χ4n) is 2.32. The third kappa shape index (κ3) is 3.88. The molecule has 1 atom stereocenters. The van der Waals surface area contributed by atoms with E-state index in [4.69, 9.17) is 4.74 Å². The molecule has 0 radical (unpaired) electrons. The van der Waals surface area contributed by atoms with Gasteiger partial charge < -0.3 is 15.0 Å². The van der Waals surface area contributed by atoms with Crippen molar-refractivity contribution >= 4 is 5.69 Å². The summed E-state index contributed by atoms with van der Waals surface area (Å²) in [7, 11) is 2.20. The van der Waals surface area contributed by atoms with Crippen LogP contribution in [0.15, 0.2) is 18.3 Å². The number of pyridine rings is 1. The lowest BCUT2D eigenvalue weighted by Gasteiger charge is -2.18. The zero-order chi connectivity index (χ0) is 12.8. The van der Waals surface area contributed by atoms with Gasteiger partial charge in [-0.3, -0.25) is 0 Å². The number of hydrogen-bond acceptors (Lipinski definition) is 4. The quantitative estimate of drug-likeness (QED) is 0.889. The Bertz CT molecular complexity index is 353. The first kappa shape index (κ1) is 13.1. The lowest BCUT2D eigenvalue weighted by Crippen LogP contribution is -2.23. The van der Waals surface area contributed by atoms with E-state index in [9.17, 15) is 0 Å². The number of rotatable bonds is 4. The molecular formula is C14H23N3O. The van der Waals surface area contributed by atoms with Crippen molar-refractivity contribution in [1.82, 2.24) is 9.88 Å². The van der Waals surface area contributed by atoms with E-state index in [0.717, 1.165) is 5.69 Å². The third-order valence-electron chi connectivity index (χ3n) is 3.35. The smallest absolute Gasteiger partial charge is 0.213 e. The fourth-order valence-corrected chi connectivity index (χ4v) is 2.32. The van der Waals surface area contributed by atoms with Gasteiger partial charge in [0, 0.05) is 12.1 Å². The minimum atomic E-state index is 0.565. The average molecular weight is 249 g/mol. The lowest BCUT2D eigenvalue weighted by atomic mass is 10.1. The van der Waals surface area contributed by atoms with E-state index in [1.807, 2.05) is 25.3 Å². The first-order valence-electron chi connectivity index (χ1n) is 6.82. The molecule has 100 valence electrons. The minimum Gasteiger partial charge on any atom is -0.478 e. The number of aromatic nitrogens is 1. The van der Waals surface area contributed by atoms with Gasteiger partial charge in [-0.05, 0) is 52.4 Å². The van der Waals surface area contributed by atoms with Crippen molar-refractivity contribution in [2.45, 2.75) is 32.2 Å². The van der Waals surface area contributed by atoms with Crippen LogP contribution in [0.1, 0.15) is 26.2 Å². The van der Waals surface area contributed by atoms with E-state index >= 15 is 0 Å². The van der Waals surface area contributed by atoms with Crippen LogP contribution in [-0.4, -0.2) is 42.7 Å². The summed E-state index contributed by atoms with van der Waals surface area (Å²) in [5, 5.41) is 3.57. The van der Waals surface area contributed by atoms with Gasteiger partial charge in [0.1, 0.15) is 0 Å². The summed E-state index contributed by atoms with van der Waals surface area (Å²) in [6.45, 7) is 5.01. The maximum Gasteiger partial charge on any atom is 0.213 e. The molecule has 1 unspecified atom stereocenters. The van der Waals surface area contributed by atoms with Gasteiger partial charge in [0.25, 0.3) is 0 Å². The van der Waals surface area contributed by atoms with Crippen molar-refractivity contribution in [1.29, 1.82) is 0 Å². The van der Waals surface area contributed by atoms with Crippen molar-refractivity contribution in [3.63, 3.8) is 0 Å². The van der Waals surface area contributed by atoms with E-state index in [0.29, 0.717) is 18.5 Å². The molecule has 1 aromatic heterocycles. The van der Waals surface area contributed by atoms with Crippen LogP contribution in [-0.2, 0) is 0 Å². The number of nitrogens with zero attached hydrogens (tertiary/aromatic N) is 2. The number of anilines is 1. The van der Waals surface area contributed by atoms with E-state index in [1.54, 1.807) is 0 Å². The highest BCUT2D eigenvalue weighted by Crippen LogP contribution is 2.17. The Morgan fingerprint density at radius 2 is 2.28 bits per heavy atom. The molecule has 18 heavy (non-hydrogen) atoms. The predicted octanol–water partition coefficient (Wildman–Crippen LogP) is 2.38. The Balaban J connectivity index is 1.88. The van der Waals surface area contributed by atoms with Gasteiger partial charge in [-0.2, -0.15) is 0 Å². The molecule has 2 rings (SSSR count). The molecule has 1 fully saturated rings. The molecule has 1 aromatic rings. The van der Waals surface area contributed by atoms with E-state index in [1.165, 1.54) is 32.4 Å². The van der Waals surface area contributed by atoms with Crippen molar-refractivity contribution in [2.24, 2.45) is 0 Å². The first-order chi connectivity index (χ1) is 8.78. The molecular weight excluding hydrogens is 226 g/mol. The minimum absolute atomic E-state index is 0.565. The molecule has 4 heteroatoms. The first-order valence-corrected chi connectivity index (χ1v) is 6.82. The standard InChI is InChI=1S/C14H23N3O/c1-3-18-14-7-6-13(11-15-14)16-12-5-4-9-17(2)10-8-12/h6-7,11-12,16H,3-5,8-10H2,1-2H3. The Morgan fingerprint density at radius 3 is 3.00 bits per heavy atom. The SMILES string of the molecule is CCOc1ccc(NC2CCCN(C)CC2)cn1. The lowest BCUT2D eigenvalue weighted by molar-refractivity contribution is 0.327. The summed E-state index contributed by atoms with van der Waals surface area (Å²) in [4.78, 5) is 6.68. The molecule has 4 nitrogen and oxygen atoms in total. The molecule has 0 amide bonds. The molecule has 1 saturated heterocycles. The second kappa shape index (κ2) is 6.59. The Kier molecular flexibility index (Phi) is 4.81. The predicted molar refractivity (Wildman–Crippen MR) is 74.2 cm³/mol. The molecule has 0 aliphatic carbocycles. The summed E-state index contributed by atoms with van der Waals surface area (Å²) < 4.78 is 5.34. The van der Waals surface area contributed by atoms with Crippen molar-refractivity contribution in [2.75, 3.05) is 32.1 Å². The van der Waals surface area contributed by atoms with Crippen LogP contribution in [0.5, 0.6) is 5.88 Å². The maximum absolute atomic E-state index is 5.34. The fraction of sp³-hybridized carbons (Fsp3) is 0.643. The second-order valence-corrected chi connectivity index (χ2v) is 4.89. The highest BCUT2D eigenvalue weighted by molar-refractivity contribution is 5.43. The average Bonchev–Trinajstić information content (AvgIpc) is 2.57. The molecule has 0 aromatic carbocycles. The molecule has 0 spiro atoms. The van der Waals surface area contributed by atoms with Crippen LogP contribution in [0, 0.1) is 0 Å². The van der Waals surface area contributed by atoms with Gasteiger partial charge >= 0.3 is 0 Å². The number of nitrogens with one attached hydrogen (secondary N) is 1.